The summed E-state index contributed by atoms with van der Waals surface area (Å²) in [5.41, 5.74) is 3.46. The third-order valence-corrected chi connectivity index (χ3v) is 5.13. The molecule has 6 heteroatoms. The summed E-state index contributed by atoms with van der Waals surface area (Å²) in [6.45, 7) is 4.59. The van der Waals surface area contributed by atoms with Crippen LogP contribution in [0.1, 0.15) is 41.0 Å². The summed E-state index contributed by atoms with van der Waals surface area (Å²) >= 11 is 3.44. The van der Waals surface area contributed by atoms with Crippen molar-refractivity contribution < 1.29 is 9.59 Å². The van der Waals surface area contributed by atoms with E-state index in [1.54, 1.807) is 0 Å². The lowest BCUT2D eigenvalue weighted by atomic mass is 10.1. The van der Waals surface area contributed by atoms with Gasteiger partial charge in [-0.25, -0.2) is 0 Å². The van der Waals surface area contributed by atoms with Crippen molar-refractivity contribution in [3.8, 4) is 5.69 Å². The van der Waals surface area contributed by atoms with Crippen molar-refractivity contribution in [2.75, 3.05) is 6.54 Å². The molecule has 0 saturated carbocycles. The molecule has 1 aliphatic rings. The van der Waals surface area contributed by atoms with Crippen LogP contribution in [0.15, 0.2) is 34.8 Å². The monoisotopic (exact) mass is 403 g/mol. The van der Waals surface area contributed by atoms with Crippen LogP contribution in [0.25, 0.3) is 5.69 Å². The predicted molar refractivity (Wildman–Crippen MR) is 101 cm³/mol. The van der Waals surface area contributed by atoms with Gasteiger partial charge in [-0.15, -0.1) is 0 Å². The van der Waals surface area contributed by atoms with E-state index < -0.39 is 6.04 Å². The molecule has 0 bridgehead atoms. The van der Waals surface area contributed by atoms with Crippen LogP contribution in [0.5, 0.6) is 0 Å². The summed E-state index contributed by atoms with van der Waals surface area (Å²) in [7, 11) is 0. The Morgan fingerprint density at radius 3 is 2.68 bits per heavy atom. The van der Waals surface area contributed by atoms with Crippen LogP contribution in [0.4, 0.5) is 0 Å². The molecule has 0 spiro atoms. The van der Waals surface area contributed by atoms with Gasteiger partial charge in [-0.2, -0.15) is 0 Å². The Balaban J connectivity index is 1.85. The zero-order valence-electron chi connectivity index (χ0n) is 14.4. The van der Waals surface area contributed by atoms with Gasteiger partial charge in [0.15, 0.2) is 0 Å². The van der Waals surface area contributed by atoms with E-state index in [9.17, 15) is 9.59 Å². The van der Waals surface area contributed by atoms with E-state index in [4.69, 9.17) is 0 Å². The van der Waals surface area contributed by atoms with E-state index in [0.29, 0.717) is 18.5 Å². The summed E-state index contributed by atoms with van der Waals surface area (Å²) in [6.07, 6.45) is 2.57. The van der Waals surface area contributed by atoms with Gasteiger partial charge in [0.2, 0.25) is 5.91 Å². The molecule has 1 atom stereocenters. The van der Waals surface area contributed by atoms with Crippen LogP contribution in [-0.2, 0) is 4.79 Å². The summed E-state index contributed by atoms with van der Waals surface area (Å²) in [4.78, 5) is 24.8. The van der Waals surface area contributed by atoms with E-state index >= 15 is 0 Å². The van der Waals surface area contributed by atoms with Crippen molar-refractivity contribution in [3.05, 3.63) is 51.8 Å². The van der Waals surface area contributed by atoms with Gasteiger partial charge in [0.05, 0.1) is 5.56 Å². The van der Waals surface area contributed by atoms with E-state index in [1.807, 2.05) is 44.2 Å². The number of halogens is 1. The van der Waals surface area contributed by atoms with Gasteiger partial charge in [0.25, 0.3) is 5.91 Å². The number of carbonyl (C=O) groups is 2. The number of rotatable bonds is 3. The summed E-state index contributed by atoms with van der Waals surface area (Å²) < 4.78 is 3.06. The fourth-order valence-corrected chi connectivity index (χ4v) is 3.56. The summed E-state index contributed by atoms with van der Waals surface area (Å²) in [6, 6.07) is 9.38. The maximum absolute atomic E-state index is 12.7. The SMILES string of the molecule is Cc1cc(C(=O)N[C@H]2CCCCNC2=O)c(C)n1-c1ccc(Br)cc1. The van der Waals surface area contributed by atoms with Crippen LogP contribution in [-0.4, -0.2) is 29.0 Å². The lowest BCUT2D eigenvalue weighted by Crippen LogP contribution is -2.45. The molecule has 1 aromatic carbocycles. The van der Waals surface area contributed by atoms with Crippen LogP contribution in [0, 0.1) is 13.8 Å². The first-order chi connectivity index (χ1) is 12.0. The standard InChI is InChI=1S/C19H22BrN3O2/c1-12-11-16(13(2)23(12)15-8-6-14(20)7-9-15)18(24)22-17-5-3-4-10-21-19(17)25/h6-9,11,17H,3-5,10H2,1-2H3,(H,21,25)(H,22,24)/t17-/m0/s1. The van der Waals surface area contributed by atoms with E-state index in [2.05, 4.69) is 31.1 Å². The zero-order chi connectivity index (χ0) is 18.0. The minimum Gasteiger partial charge on any atom is -0.354 e. The minimum atomic E-state index is -0.453. The normalized spacial score (nSPS) is 17.7. The number of benzene rings is 1. The molecule has 5 nitrogen and oxygen atoms in total. The van der Waals surface area contributed by atoms with Gasteiger partial charge in [0, 0.05) is 28.1 Å². The topological polar surface area (TPSA) is 63.1 Å². The number of hydrogen-bond donors (Lipinski definition) is 2. The molecular weight excluding hydrogens is 382 g/mol. The molecule has 0 unspecified atom stereocenters. The van der Waals surface area contributed by atoms with Crippen molar-refractivity contribution in [2.45, 2.75) is 39.2 Å². The molecule has 2 heterocycles. The second-order valence-corrected chi connectivity index (χ2v) is 7.33. The molecule has 1 saturated heterocycles. The molecule has 132 valence electrons. The van der Waals surface area contributed by atoms with Crippen molar-refractivity contribution in [1.29, 1.82) is 0 Å². The van der Waals surface area contributed by atoms with Crippen molar-refractivity contribution >= 4 is 27.7 Å². The lowest BCUT2D eigenvalue weighted by molar-refractivity contribution is -0.122. The van der Waals surface area contributed by atoms with Gasteiger partial charge >= 0.3 is 0 Å². The Hall–Kier alpha value is -2.08. The molecule has 25 heavy (non-hydrogen) atoms. The van der Waals surface area contributed by atoms with Crippen LogP contribution in [0.3, 0.4) is 0 Å². The molecule has 2 amide bonds. The van der Waals surface area contributed by atoms with Crippen molar-refractivity contribution in [1.82, 2.24) is 15.2 Å². The first-order valence-electron chi connectivity index (χ1n) is 8.51. The minimum absolute atomic E-state index is 0.0902. The number of aryl methyl sites for hydroxylation is 1. The number of aromatic nitrogens is 1. The molecule has 0 radical (unpaired) electrons. The summed E-state index contributed by atoms with van der Waals surface area (Å²) in [5.74, 6) is -0.286. The number of nitrogens with one attached hydrogen (secondary N) is 2. The Bertz CT molecular complexity index is 796. The van der Waals surface area contributed by atoms with E-state index in [-0.39, 0.29) is 11.8 Å². The first kappa shape index (κ1) is 17.7. The molecule has 0 aliphatic carbocycles. The molecule has 1 aliphatic heterocycles. The number of amides is 2. The Morgan fingerprint density at radius 1 is 1.24 bits per heavy atom. The second-order valence-electron chi connectivity index (χ2n) is 6.41. The maximum Gasteiger partial charge on any atom is 0.253 e. The quantitative estimate of drug-likeness (QED) is 0.825. The fourth-order valence-electron chi connectivity index (χ4n) is 3.29. The van der Waals surface area contributed by atoms with Gasteiger partial charge in [-0.05, 0) is 63.4 Å². The molecule has 3 rings (SSSR count). The van der Waals surface area contributed by atoms with Gasteiger partial charge < -0.3 is 15.2 Å². The van der Waals surface area contributed by atoms with Gasteiger partial charge in [-0.3, -0.25) is 9.59 Å². The predicted octanol–water partition coefficient (Wildman–Crippen LogP) is 3.26. The largest absolute Gasteiger partial charge is 0.354 e. The maximum atomic E-state index is 12.7. The van der Waals surface area contributed by atoms with Crippen LogP contribution in [0.2, 0.25) is 0 Å². The number of carbonyl (C=O) groups excluding carboxylic acids is 2. The highest BCUT2D eigenvalue weighted by Gasteiger charge is 2.25. The highest BCUT2D eigenvalue weighted by molar-refractivity contribution is 9.10. The van der Waals surface area contributed by atoms with Crippen LogP contribution < -0.4 is 10.6 Å². The zero-order valence-corrected chi connectivity index (χ0v) is 16.0. The summed E-state index contributed by atoms with van der Waals surface area (Å²) in [5, 5.41) is 5.75. The second kappa shape index (κ2) is 7.44. The highest BCUT2D eigenvalue weighted by Crippen LogP contribution is 2.22. The molecule has 1 aromatic heterocycles. The lowest BCUT2D eigenvalue weighted by Gasteiger charge is -2.15. The molecular formula is C19H22BrN3O2. The van der Waals surface area contributed by atoms with E-state index in [1.165, 1.54) is 0 Å². The molecule has 1 fully saturated rings. The average Bonchev–Trinajstić information content (AvgIpc) is 2.74. The third kappa shape index (κ3) is 3.79. The highest BCUT2D eigenvalue weighted by atomic mass is 79.9. The van der Waals surface area contributed by atoms with Crippen molar-refractivity contribution in [3.63, 3.8) is 0 Å². The Labute approximate surface area is 155 Å². The van der Waals surface area contributed by atoms with Gasteiger partial charge in [0.1, 0.15) is 6.04 Å². The molecule has 2 N–H and O–H groups in total. The number of hydrogen-bond acceptors (Lipinski definition) is 2. The van der Waals surface area contributed by atoms with Crippen LogP contribution >= 0.6 is 15.9 Å². The fraction of sp³-hybridized carbons (Fsp3) is 0.368. The Kier molecular flexibility index (Phi) is 5.27. The molecule has 2 aromatic rings. The Morgan fingerprint density at radius 2 is 1.96 bits per heavy atom. The van der Waals surface area contributed by atoms with E-state index in [0.717, 1.165) is 34.4 Å². The first-order valence-corrected chi connectivity index (χ1v) is 9.30. The van der Waals surface area contributed by atoms with Crippen molar-refractivity contribution in [2.24, 2.45) is 0 Å². The van der Waals surface area contributed by atoms with Gasteiger partial charge in [-0.1, -0.05) is 15.9 Å². The third-order valence-electron chi connectivity index (χ3n) is 4.60. The number of nitrogens with zero attached hydrogens (tertiary/aromatic N) is 1. The smallest absolute Gasteiger partial charge is 0.253 e. The average molecular weight is 404 g/mol.